The van der Waals surface area contributed by atoms with Crippen LogP contribution in [0.15, 0.2) is 63.9 Å². The number of alkyl halides is 3. The largest absolute Gasteiger partial charge is 0.437 e. The Balaban J connectivity index is 1.65. The lowest BCUT2D eigenvalue weighted by Crippen LogP contribution is -2.14. The van der Waals surface area contributed by atoms with Gasteiger partial charge < -0.3 is 9.73 Å². The summed E-state index contributed by atoms with van der Waals surface area (Å²) in [5, 5.41) is 10.1. The number of benzene rings is 1. The van der Waals surface area contributed by atoms with Crippen molar-refractivity contribution in [2.24, 2.45) is 7.05 Å². The molecule has 0 aliphatic heterocycles. The number of anilines is 1. The summed E-state index contributed by atoms with van der Waals surface area (Å²) in [4.78, 5) is 27.6. The van der Waals surface area contributed by atoms with Gasteiger partial charge in [-0.25, -0.2) is 14.5 Å². The van der Waals surface area contributed by atoms with Crippen LogP contribution in [0.5, 0.6) is 0 Å². The number of aromatic nitrogens is 5. The summed E-state index contributed by atoms with van der Waals surface area (Å²) >= 11 is 0. The van der Waals surface area contributed by atoms with Gasteiger partial charge in [-0.1, -0.05) is 18.2 Å². The van der Waals surface area contributed by atoms with Gasteiger partial charge in [0, 0.05) is 18.7 Å². The van der Waals surface area contributed by atoms with E-state index in [1.807, 2.05) is 0 Å². The van der Waals surface area contributed by atoms with E-state index in [4.69, 9.17) is 4.42 Å². The fourth-order valence-corrected chi connectivity index (χ4v) is 2.70. The lowest BCUT2D eigenvalue weighted by molar-refractivity contribution is -0.142. The third-order valence-electron chi connectivity index (χ3n) is 4.18. The molecule has 1 amide bonds. The van der Waals surface area contributed by atoms with Crippen molar-refractivity contribution in [2.75, 3.05) is 5.32 Å². The van der Waals surface area contributed by atoms with E-state index < -0.39 is 23.5 Å². The van der Waals surface area contributed by atoms with Crippen LogP contribution in [0, 0.1) is 0 Å². The minimum atomic E-state index is -4.75. The lowest BCUT2D eigenvalue weighted by Gasteiger charge is -2.10. The lowest BCUT2D eigenvalue weighted by atomic mass is 10.2. The van der Waals surface area contributed by atoms with E-state index in [0.717, 1.165) is 16.9 Å². The molecule has 9 nitrogen and oxygen atoms in total. The van der Waals surface area contributed by atoms with Gasteiger partial charge in [-0.3, -0.25) is 4.79 Å². The molecular formula is C19H13F3N6O3. The molecule has 0 fully saturated rings. The summed E-state index contributed by atoms with van der Waals surface area (Å²) in [7, 11) is 1.30. The number of halogens is 3. The second-order valence-electron chi connectivity index (χ2n) is 6.34. The minimum Gasteiger partial charge on any atom is -0.386 e. The van der Waals surface area contributed by atoms with Gasteiger partial charge in [0.15, 0.2) is 5.69 Å². The smallest absolute Gasteiger partial charge is 0.386 e. The zero-order valence-electron chi connectivity index (χ0n) is 15.8. The summed E-state index contributed by atoms with van der Waals surface area (Å²) in [6.45, 7) is 0. The highest BCUT2D eigenvalue weighted by molar-refractivity contribution is 6.03. The number of carbonyl (C=O) groups excluding carboxylic acids is 1. The molecule has 31 heavy (non-hydrogen) atoms. The molecule has 0 radical (unpaired) electrons. The van der Waals surface area contributed by atoms with Gasteiger partial charge in [0.25, 0.3) is 11.8 Å². The van der Waals surface area contributed by atoms with Crippen LogP contribution in [0.1, 0.15) is 16.1 Å². The van der Waals surface area contributed by atoms with E-state index in [0.29, 0.717) is 10.2 Å². The van der Waals surface area contributed by atoms with Gasteiger partial charge in [-0.05, 0) is 24.3 Å². The summed E-state index contributed by atoms with van der Waals surface area (Å²) in [6.07, 6.45) is -3.62. The normalized spacial score (nSPS) is 11.5. The summed E-state index contributed by atoms with van der Waals surface area (Å²) in [5.74, 6) is -1.45. The Morgan fingerprint density at radius 3 is 2.42 bits per heavy atom. The first-order chi connectivity index (χ1) is 14.7. The Hall–Kier alpha value is -4.22. The molecule has 0 unspecified atom stereocenters. The summed E-state index contributed by atoms with van der Waals surface area (Å²) < 4.78 is 46.9. The first kappa shape index (κ1) is 20.1. The van der Waals surface area contributed by atoms with Gasteiger partial charge in [0.1, 0.15) is 11.5 Å². The topological polar surface area (TPSA) is 108 Å². The van der Waals surface area contributed by atoms with Crippen molar-refractivity contribution in [1.82, 2.24) is 24.5 Å². The highest BCUT2D eigenvalue weighted by Crippen LogP contribution is 2.33. The van der Waals surface area contributed by atoms with Crippen molar-refractivity contribution >= 4 is 11.7 Å². The Morgan fingerprint density at radius 1 is 1.10 bits per heavy atom. The van der Waals surface area contributed by atoms with Gasteiger partial charge in [-0.2, -0.15) is 23.0 Å². The molecule has 0 aliphatic carbocycles. The molecule has 3 aromatic heterocycles. The van der Waals surface area contributed by atoms with Crippen LogP contribution in [0.4, 0.5) is 19.0 Å². The molecule has 0 spiro atoms. The van der Waals surface area contributed by atoms with Crippen LogP contribution in [-0.2, 0) is 13.2 Å². The molecule has 3 heterocycles. The van der Waals surface area contributed by atoms with Crippen molar-refractivity contribution < 1.29 is 22.4 Å². The van der Waals surface area contributed by atoms with Crippen molar-refractivity contribution in [2.45, 2.75) is 6.18 Å². The molecular weight excluding hydrogens is 417 g/mol. The number of aryl methyl sites for hydroxylation is 1. The zero-order valence-corrected chi connectivity index (χ0v) is 15.8. The first-order valence-electron chi connectivity index (χ1n) is 8.77. The van der Waals surface area contributed by atoms with E-state index in [-0.39, 0.29) is 23.1 Å². The van der Waals surface area contributed by atoms with E-state index in [9.17, 15) is 22.8 Å². The van der Waals surface area contributed by atoms with Crippen molar-refractivity contribution in [3.05, 3.63) is 76.5 Å². The molecule has 0 atom stereocenters. The molecule has 1 N–H and O–H groups in total. The number of amides is 1. The third kappa shape index (κ3) is 4.08. The molecule has 158 valence electrons. The molecule has 4 rings (SSSR count). The maximum atomic E-state index is 13.5. The standard InChI is InChI=1S/C19H13F3N6O3/c1-27-18(30)31-17(26-27)13-9-14(19(20,21)22)28(25-13)12-7-8-15(23-10-12)24-16(29)11-5-3-2-4-6-11/h2-10H,1H3,(H,23,24,29). The van der Waals surface area contributed by atoms with Crippen LogP contribution < -0.4 is 11.1 Å². The van der Waals surface area contributed by atoms with Gasteiger partial charge in [-0.15, -0.1) is 5.10 Å². The van der Waals surface area contributed by atoms with Crippen LogP contribution in [0.25, 0.3) is 17.3 Å². The molecule has 0 saturated heterocycles. The number of rotatable bonds is 4. The number of nitrogens with one attached hydrogen (secondary N) is 1. The number of hydrogen-bond acceptors (Lipinski definition) is 6. The Bertz CT molecular complexity index is 1290. The predicted octanol–water partition coefficient (Wildman–Crippen LogP) is 2.89. The van der Waals surface area contributed by atoms with Crippen molar-refractivity contribution in [1.29, 1.82) is 0 Å². The van der Waals surface area contributed by atoms with Crippen molar-refractivity contribution in [3.63, 3.8) is 0 Å². The third-order valence-corrected chi connectivity index (χ3v) is 4.18. The quantitative estimate of drug-likeness (QED) is 0.534. The Morgan fingerprint density at radius 2 is 1.84 bits per heavy atom. The monoisotopic (exact) mass is 430 g/mol. The molecule has 0 saturated carbocycles. The first-order valence-corrected chi connectivity index (χ1v) is 8.77. The van der Waals surface area contributed by atoms with Gasteiger partial charge >= 0.3 is 11.9 Å². The maximum Gasteiger partial charge on any atom is 0.437 e. The molecule has 1 aromatic carbocycles. The second kappa shape index (κ2) is 7.55. The van der Waals surface area contributed by atoms with Gasteiger partial charge in [0.2, 0.25) is 0 Å². The Kier molecular flexibility index (Phi) is 4.89. The van der Waals surface area contributed by atoms with Crippen LogP contribution in [0.2, 0.25) is 0 Å². The van der Waals surface area contributed by atoms with Crippen LogP contribution in [0.3, 0.4) is 0 Å². The average Bonchev–Trinajstić information content (AvgIpc) is 3.33. The molecule has 0 bridgehead atoms. The summed E-state index contributed by atoms with van der Waals surface area (Å²) in [5.41, 5.74) is -0.999. The van der Waals surface area contributed by atoms with Gasteiger partial charge in [0.05, 0.1) is 11.9 Å². The van der Waals surface area contributed by atoms with E-state index in [1.54, 1.807) is 30.3 Å². The SMILES string of the molecule is Cn1nc(-c2cc(C(F)(F)F)n(-c3ccc(NC(=O)c4ccccc4)nc3)n2)oc1=O. The van der Waals surface area contributed by atoms with Crippen LogP contribution >= 0.6 is 0 Å². The fraction of sp³-hybridized carbons (Fsp3) is 0.105. The predicted molar refractivity (Wildman–Crippen MR) is 101 cm³/mol. The number of carbonyl (C=O) groups is 1. The number of nitrogens with zero attached hydrogens (tertiary/aromatic N) is 5. The number of pyridine rings is 1. The van der Waals surface area contributed by atoms with E-state index >= 15 is 0 Å². The Labute approximate surface area is 171 Å². The maximum absolute atomic E-state index is 13.5. The minimum absolute atomic E-state index is 0.0189. The van der Waals surface area contributed by atoms with Crippen LogP contribution in [-0.4, -0.2) is 30.5 Å². The molecule has 0 aliphatic rings. The zero-order chi connectivity index (χ0) is 22.2. The van der Waals surface area contributed by atoms with E-state index in [2.05, 4.69) is 20.5 Å². The van der Waals surface area contributed by atoms with E-state index in [1.165, 1.54) is 19.2 Å². The highest BCUT2D eigenvalue weighted by Gasteiger charge is 2.37. The fourth-order valence-electron chi connectivity index (χ4n) is 2.70. The number of hydrogen-bond donors (Lipinski definition) is 1. The van der Waals surface area contributed by atoms with Crippen molar-refractivity contribution in [3.8, 4) is 17.3 Å². The average molecular weight is 430 g/mol. The highest BCUT2D eigenvalue weighted by atomic mass is 19.4. The second-order valence-corrected chi connectivity index (χ2v) is 6.34. The summed E-state index contributed by atoms with van der Waals surface area (Å²) in [6, 6.07) is 11.8. The molecule has 12 heteroatoms. The molecule has 4 aromatic rings.